The molecular weight excluding hydrogens is 393 g/mol. The van der Waals surface area contributed by atoms with Gasteiger partial charge in [-0.2, -0.15) is 0 Å². The van der Waals surface area contributed by atoms with E-state index in [0.717, 1.165) is 11.6 Å². The molecule has 0 saturated carbocycles. The predicted molar refractivity (Wildman–Crippen MR) is 110 cm³/mol. The molecule has 0 unspecified atom stereocenters. The lowest BCUT2D eigenvalue weighted by molar-refractivity contribution is 0.355. The van der Waals surface area contributed by atoms with Crippen molar-refractivity contribution in [2.75, 3.05) is 18.5 Å². The SMILES string of the molecule is COc1ccc(N([C@H](C)c2ccccc2)S(=O)(=O)c2ccccc2F)cc1OC. The second-order valence-corrected chi connectivity index (χ2v) is 8.14. The van der Waals surface area contributed by atoms with E-state index < -0.39 is 26.8 Å². The molecule has 3 aromatic rings. The molecule has 0 fully saturated rings. The van der Waals surface area contributed by atoms with Gasteiger partial charge in [0.05, 0.1) is 25.9 Å². The van der Waals surface area contributed by atoms with Crippen LogP contribution in [-0.2, 0) is 10.0 Å². The molecule has 0 amide bonds. The van der Waals surface area contributed by atoms with Crippen LogP contribution in [0, 0.1) is 5.82 Å². The molecule has 7 heteroatoms. The summed E-state index contributed by atoms with van der Waals surface area (Å²) in [5.41, 5.74) is 1.10. The second kappa shape index (κ2) is 8.53. The largest absolute Gasteiger partial charge is 0.493 e. The van der Waals surface area contributed by atoms with Gasteiger partial charge < -0.3 is 9.47 Å². The van der Waals surface area contributed by atoms with E-state index in [1.165, 1.54) is 36.7 Å². The van der Waals surface area contributed by atoms with Crippen molar-refractivity contribution >= 4 is 15.7 Å². The van der Waals surface area contributed by atoms with E-state index in [-0.39, 0.29) is 0 Å². The van der Waals surface area contributed by atoms with Crippen LogP contribution in [0.2, 0.25) is 0 Å². The molecule has 1 atom stereocenters. The Kier molecular flexibility index (Phi) is 6.08. The predicted octanol–water partition coefficient (Wildman–Crippen LogP) is 4.80. The highest BCUT2D eigenvalue weighted by molar-refractivity contribution is 7.92. The molecule has 5 nitrogen and oxygen atoms in total. The first-order valence-corrected chi connectivity index (χ1v) is 10.4. The molecule has 29 heavy (non-hydrogen) atoms. The van der Waals surface area contributed by atoms with Crippen LogP contribution in [0.25, 0.3) is 0 Å². The molecular formula is C22H22FNO4S. The lowest BCUT2D eigenvalue weighted by atomic mass is 10.1. The fourth-order valence-corrected chi connectivity index (χ4v) is 4.87. The number of nitrogens with zero attached hydrogens (tertiary/aromatic N) is 1. The summed E-state index contributed by atoms with van der Waals surface area (Å²) < 4.78 is 53.3. The number of ether oxygens (including phenoxy) is 2. The summed E-state index contributed by atoms with van der Waals surface area (Å²) in [6, 6.07) is 18.7. The normalized spacial score (nSPS) is 12.3. The molecule has 0 aliphatic heterocycles. The van der Waals surface area contributed by atoms with Crippen molar-refractivity contribution in [3.05, 3.63) is 84.2 Å². The van der Waals surface area contributed by atoms with Gasteiger partial charge in [-0.05, 0) is 36.8 Å². The standard InChI is InChI=1S/C22H22FNO4S/c1-16(17-9-5-4-6-10-17)24(18-13-14-20(27-2)21(15-18)28-3)29(25,26)22-12-8-7-11-19(22)23/h4-16H,1-3H3/t16-/m1/s1. The third-order valence-corrected chi connectivity index (χ3v) is 6.56. The van der Waals surface area contributed by atoms with Crippen LogP contribution in [0.15, 0.2) is 77.7 Å². The van der Waals surface area contributed by atoms with Gasteiger partial charge in [0.15, 0.2) is 11.5 Å². The average Bonchev–Trinajstić information content (AvgIpc) is 2.74. The number of anilines is 1. The van der Waals surface area contributed by atoms with Gasteiger partial charge in [-0.1, -0.05) is 42.5 Å². The van der Waals surface area contributed by atoms with E-state index in [0.29, 0.717) is 17.2 Å². The molecule has 0 bridgehead atoms. The Balaban J connectivity index is 2.21. The van der Waals surface area contributed by atoms with Crippen LogP contribution < -0.4 is 13.8 Å². The number of hydrogen-bond acceptors (Lipinski definition) is 4. The number of hydrogen-bond donors (Lipinski definition) is 0. The summed E-state index contributed by atoms with van der Waals surface area (Å²) in [5, 5.41) is 0. The smallest absolute Gasteiger partial charge is 0.267 e. The van der Waals surface area contributed by atoms with Crippen LogP contribution >= 0.6 is 0 Å². The van der Waals surface area contributed by atoms with Crippen LogP contribution in [-0.4, -0.2) is 22.6 Å². The van der Waals surface area contributed by atoms with E-state index in [4.69, 9.17) is 9.47 Å². The maximum absolute atomic E-state index is 14.4. The molecule has 0 heterocycles. The first kappa shape index (κ1) is 20.7. The number of rotatable bonds is 7. The zero-order chi connectivity index (χ0) is 21.0. The summed E-state index contributed by atoms with van der Waals surface area (Å²) in [6.45, 7) is 1.75. The van der Waals surface area contributed by atoms with Crippen LogP contribution in [0.3, 0.4) is 0 Å². The van der Waals surface area contributed by atoms with Crippen molar-refractivity contribution in [2.24, 2.45) is 0 Å². The van der Waals surface area contributed by atoms with Crippen molar-refractivity contribution < 1.29 is 22.3 Å². The van der Waals surface area contributed by atoms with Crippen LogP contribution in [0.1, 0.15) is 18.5 Å². The van der Waals surface area contributed by atoms with Crippen LogP contribution in [0.5, 0.6) is 11.5 Å². The molecule has 0 saturated heterocycles. The Hall–Kier alpha value is -3.06. The Morgan fingerprint density at radius 3 is 2.10 bits per heavy atom. The highest BCUT2D eigenvalue weighted by Gasteiger charge is 2.33. The lowest BCUT2D eigenvalue weighted by Gasteiger charge is -2.31. The summed E-state index contributed by atoms with van der Waals surface area (Å²) >= 11 is 0. The number of halogens is 1. The maximum atomic E-state index is 14.4. The second-order valence-electron chi connectivity index (χ2n) is 6.36. The summed E-state index contributed by atoms with van der Waals surface area (Å²) in [4.78, 5) is -0.391. The first-order valence-electron chi connectivity index (χ1n) is 8.96. The monoisotopic (exact) mass is 415 g/mol. The molecule has 152 valence electrons. The van der Waals surface area contributed by atoms with E-state index in [1.54, 1.807) is 25.1 Å². The molecule has 0 aliphatic carbocycles. The first-order chi connectivity index (χ1) is 13.9. The summed E-state index contributed by atoms with van der Waals surface area (Å²) in [7, 11) is -1.25. The average molecular weight is 415 g/mol. The quantitative estimate of drug-likeness (QED) is 0.556. The zero-order valence-electron chi connectivity index (χ0n) is 16.4. The van der Waals surface area contributed by atoms with Gasteiger partial charge in [0.25, 0.3) is 10.0 Å². The third-order valence-electron chi connectivity index (χ3n) is 4.63. The van der Waals surface area contributed by atoms with Crippen molar-refractivity contribution in [1.29, 1.82) is 0 Å². The molecule has 0 aliphatic rings. The minimum Gasteiger partial charge on any atom is -0.493 e. The molecule has 0 aromatic heterocycles. The Morgan fingerprint density at radius 2 is 1.48 bits per heavy atom. The van der Waals surface area contributed by atoms with Gasteiger partial charge in [0.2, 0.25) is 0 Å². The van der Waals surface area contributed by atoms with Crippen molar-refractivity contribution in [1.82, 2.24) is 0 Å². The van der Waals surface area contributed by atoms with Gasteiger partial charge in [0, 0.05) is 6.07 Å². The molecule has 0 spiro atoms. The zero-order valence-corrected chi connectivity index (χ0v) is 17.2. The van der Waals surface area contributed by atoms with Gasteiger partial charge >= 0.3 is 0 Å². The molecule has 0 radical (unpaired) electrons. The molecule has 0 N–H and O–H groups in total. The number of benzene rings is 3. The minimum atomic E-state index is -4.21. The van der Waals surface area contributed by atoms with E-state index in [9.17, 15) is 12.8 Å². The topological polar surface area (TPSA) is 55.8 Å². The third kappa shape index (κ3) is 4.05. The van der Waals surface area contributed by atoms with Gasteiger partial charge in [-0.3, -0.25) is 4.31 Å². The minimum absolute atomic E-state index is 0.335. The van der Waals surface area contributed by atoms with Crippen molar-refractivity contribution in [2.45, 2.75) is 17.9 Å². The van der Waals surface area contributed by atoms with E-state index in [2.05, 4.69) is 0 Å². The van der Waals surface area contributed by atoms with Crippen LogP contribution in [0.4, 0.5) is 10.1 Å². The van der Waals surface area contributed by atoms with Gasteiger partial charge in [0.1, 0.15) is 10.7 Å². The number of methoxy groups -OCH3 is 2. The Bertz CT molecular complexity index is 1090. The summed E-state index contributed by atoms with van der Waals surface area (Å²) in [5.74, 6) is 0.0316. The number of sulfonamides is 1. The van der Waals surface area contributed by atoms with E-state index in [1.807, 2.05) is 30.3 Å². The van der Waals surface area contributed by atoms with Crippen molar-refractivity contribution in [3.8, 4) is 11.5 Å². The van der Waals surface area contributed by atoms with E-state index >= 15 is 0 Å². The highest BCUT2D eigenvalue weighted by Crippen LogP contribution is 2.38. The fourth-order valence-electron chi connectivity index (χ4n) is 3.16. The van der Waals surface area contributed by atoms with Gasteiger partial charge in [-0.25, -0.2) is 12.8 Å². The van der Waals surface area contributed by atoms with Crippen molar-refractivity contribution in [3.63, 3.8) is 0 Å². The fraction of sp³-hybridized carbons (Fsp3) is 0.182. The summed E-state index contributed by atoms with van der Waals surface area (Å²) in [6.07, 6.45) is 0. The maximum Gasteiger partial charge on any atom is 0.267 e. The Morgan fingerprint density at radius 1 is 0.862 bits per heavy atom. The lowest BCUT2D eigenvalue weighted by Crippen LogP contribution is -2.34. The Labute approximate surface area is 170 Å². The highest BCUT2D eigenvalue weighted by atomic mass is 32.2. The van der Waals surface area contributed by atoms with Gasteiger partial charge in [-0.15, -0.1) is 0 Å². The molecule has 3 aromatic carbocycles. The molecule has 3 rings (SSSR count).